The van der Waals surface area contributed by atoms with E-state index in [2.05, 4.69) is 0 Å². The highest BCUT2D eigenvalue weighted by Gasteiger charge is 2.38. The summed E-state index contributed by atoms with van der Waals surface area (Å²) in [7, 11) is 0. The zero-order valence-corrected chi connectivity index (χ0v) is 16.7. The first-order valence-corrected chi connectivity index (χ1v) is 9.63. The van der Waals surface area contributed by atoms with Crippen LogP contribution in [0.2, 0.25) is 5.02 Å². The maximum absolute atomic E-state index is 12.7. The van der Waals surface area contributed by atoms with Gasteiger partial charge >= 0.3 is 6.09 Å². The van der Waals surface area contributed by atoms with Crippen molar-refractivity contribution in [2.75, 3.05) is 19.8 Å². The van der Waals surface area contributed by atoms with Crippen LogP contribution in [0.4, 0.5) is 4.79 Å². The lowest BCUT2D eigenvalue weighted by atomic mass is 10.0. The van der Waals surface area contributed by atoms with E-state index in [-0.39, 0.29) is 24.8 Å². The lowest BCUT2D eigenvalue weighted by Crippen LogP contribution is -2.44. The number of benzene rings is 2. The first-order valence-electron chi connectivity index (χ1n) is 9.25. The number of cyclic esters (lactones) is 1. The highest BCUT2D eigenvalue weighted by molar-refractivity contribution is 6.31. The number of hydrogen-bond acceptors (Lipinski definition) is 6. The molecule has 3 rings (SSSR count). The van der Waals surface area contributed by atoms with Gasteiger partial charge in [-0.3, -0.25) is 4.79 Å². The van der Waals surface area contributed by atoms with E-state index >= 15 is 0 Å². The van der Waals surface area contributed by atoms with Crippen molar-refractivity contribution in [3.63, 3.8) is 0 Å². The van der Waals surface area contributed by atoms with Crippen LogP contribution in [0, 0.1) is 0 Å². The topological polar surface area (TPSA) is 85.3 Å². The van der Waals surface area contributed by atoms with Crippen LogP contribution >= 0.6 is 11.6 Å². The summed E-state index contributed by atoms with van der Waals surface area (Å²) in [5.41, 5.74) is 1.31. The van der Waals surface area contributed by atoms with Crippen molar-refractivity contribution >= 4 is 23.6 Å². The van der Waals surface area contributed by atoms with Crippen LogP contribution in [0.25, 0.3) is 0 Å². The van der Waals surface area contributed by atoms with Gasteiger partial charge in [-0.1, -0.05) is 48.0 Å². The number of hydrogen-bond donors (Lipinski definition) is 1. The molecule has 1 aliphatic heterocycles. The second kappa shape index (κ2) is 9.73. The minimum Gasteiger partial charge on any atom is -0.489 e. The van der Waals surface area contributed by atoms with Crippen molar-refractivity contribution in [2.45, 2.75) is 25.7 Å². The Bertz CT molecular complexity index is 860. The van der Waals surface area contributed by atoms with E-state index in [0.29, 0.717) is 17.9 Å². The third-order valence-corrected chi connectivity index (χ3v) is 4.77. The standard InChI is InChI=1S/C21H22ClNO6/c1-2-27-19(20(25)23-10-11-28-21(23)26)18(24)16-9-8-15(12-17(16)22)29-13-14-6-4-3-5-7-14/h3-9,12,18-19,24H,2,10-11,13H2,1H3/t18-,19+/m1/s1. The number of aliphatic hydroxyl groups is 1. The summed E-state index contributed by atoms with van der Waals surface area (Å²) < 4.78 is 15.9. The average Bonchev–Trinajstić information content (AvgIpc) is 3.16. The molecule has 2 amide bonds. The third-order valence-electron chi connectivity index (χ3n) is 4.44. The zero-order chi connectivity index (χ0) is 20.8. The number of aliphatic hydroxyl groups excluding tert-OH is 1. The fourth-order valence-electron chi connectivity index (χ4n) is 2.97. The van der Waals surface area contributed by atoms with Crippen molar-refractivity contribution in [1.29, 1.82) is 0 Å². The summed E-state index contributed by atoms with van der Waals surface area (Å²) in [5.74, 6) is -0.139. The molecule has 0 aliphatic carbocycles. The van der Waals surface area contributed by atoms with Crippen molar-refractivity contribution in [1.82, 2.24) is 4.90 Å². The lowest BCUT2D eigenvalue weighted by Gasteiger charge is -2.25. The number of nitrogens with zero attached hydrogens (tertiary/aromatic N) is 1. The van der Waals surface area contributed by atoms with Crippen molar-refractivity contribution in [2.24, 2.45) is 0 Å². The number of rotatable bonds is 8. The van der Waals surface area contributed by atoms with E-state index in [1.54, 1.807) is 25.1 Å². The Morgan fingerprint density at radius 2 is 2.03 bits per heavy atom. The number of carbonyl (C=O) groups is 2. The van der Waals surface area contributed by atoms with E-state index in [1.165, 1.54) is 0 Å². The quantitative estimate of drug-likeness (QED) is 0.706. The summed E-state index contributed by atoms with van der Waals surface area (Å²) in [6, 6.07) is 14.5. The number of imide groups is 1. The van der Waals surface area contributed by atoms with Crippen LogP contribution in [0.5, 0.6) is 5.75 Å². The largest absolute Gasteiger partial charge is 0.489 e. The highest BCUT2D eigenvalue weighted by Crippen LogP contribution is 2.31. The molecule has 2 aromatic rings. The predicted octanol–water partition coefficient (Wildman–Crippen LogP) is 3.34. The molecule has 0 aromatic heterocycles. The van der Waals surface area contributed by atoms with E-state index < -0.39 is 24.2 Å². The van der Waals surface area contributed by atoms with E-state index in [9.17, 15) is 14.7 Å². The second-order valence-electron chi connectivity index (χ2n) is 6.38. The van der Waals surface area contributed by atoms with Crippen LogP contribution in [-0.2, 0) is 20.9 Å². The lowest BCUT2D eigenvalue weighted by molar-refractivity contribution is -0.148. The van der Waals surface area contributed by atoms with Crippen molar-refractivity contribution in [3.05, 3.63) is 64.7 Å². The number of carbonyl (C=O) groups excluding carboxylic acids is 2. The molecule has 2 aromatic carbocycles. The molecular weight excluding hydrogens is 398 g/mol. The predicted molar refractivity (Wildman–Crippen MR) is 106 cm³/mol. The molecule has 29 heavy (non-hydrogen) atoms. The van der Waals surface area contributed by atoms with Gasteiger partial charge in [0, 0.05) is 12.2 Å². The smallest absolute Gasteiger partial charge is 0.416 e. The van der Waals surface area contributed by atoms with Gasteiger partial charge in [-0.05, 0) is 24.6 Å². The van der Waals surface area contributed by atoms with Crippen LogP contribution in [0.3, 0.4) is 0 Å². The molecule has 1 heterocycles. The molecule has 0 bridgehead atoms. The minimum absolute atomic E-state index is 0.119. The molecule has 0 saturated carbocycles. The Morgan fingerprint density at radius 3 is 2.66 bits per heavy atom. The number of ether oxygens (including phenoxy) is 3. The average molecular weight is 420 g/mol. The van der Waals surface area contributed by atoms with Crippen molar-refractivity contribution in [3.8, 4) is 5.75 Å². The van der Waals surface area contributed by atoms with Gasteiger partial charge in [-0.2, -0.15) is 0 Å². The summed E-state index contributed by atoms with van der Waals surface area (Å²) >= 11 is 6.33. The monoisotopic (exact) mass is 419 g/mol. The van der Waals surface area contributed by atoms with E-state index in [4.69, 9.17) is 25.8 Å². The molecule has 0 radical (unpaired) electrons. The summed E-state index contributed by atoms with van der Waals surface area (Å²) in [5, 5.41) is 11.0. The molecular formula is C21H22ClNO6. The van der Waals surface area contributed by atoms with Gasteiger partial charge < -0.3 is 19.3 Å². The van der Waals surface area contributed by atoms with Gasteiger partial charge in [0.1, 0.15) is 25.1 Å². The van der Waals surface area contributed by atoms with Gasteiger partial charge in [-0.25, -0.2) is 9.69 Å². The summed E-state index contributed by atoms with van der Waals surface area (Å²) in [6.45, 7) is 2.47. The third kappa shape index (κ3) is 5.06. The minimum atomic E-state index is -1.36. The molecule has 7 nitrogen and oxygen atoms in total. The summed E-state index contributed by atoms with van der Waals surface area (Å²) in [4.78, 5) is 25.3. The van der Waals surface area contributed by atoms with Gasteiger partial charge in [0.05, 0.1) is 11.6 Å². The SMILES string of the molecule is CCO[C@H](C(=O)N1CCOC1=O)[C@H](O)c1ccc(OCc2ccccc2)cc1Cl. The van der Waals surface area contributed by atoms with Crippen LogP contribution in [0.1, 0.15) is 24.2 Å². The number of amides is 2. The molecule has 0 spiro atoms. The second-order valence-corrected chi connectivity index (χ2v) is 6.79. The van der Waals surface area contributed by atoms with Crippen LogP contribution in [0.15, 0.2) is 48.5 Å². The fourth-order valence-corrected chi connectivity index (χ4v) is 3.25. The maximum atomic E-state index is 12.7. The molecule has 1 fully saturated rings. The molecule has 154 valence electrons. The normalized spacial score (nSPS) is 15.7. The Morgan fingerprint density at radius 1 is 1.28 bits per heavy atom. The van der Waals surface area contributed by atoms with Crippen LogP contribution in [-0.4, -0.2) is 47.9 Å². The molecule has 1 aliphatic rings. The maximum Gasteiger partial charge on any atom is 0.416 e. The highest BCUT2D eigenvalue weighted by atomic mass is 35.5. The molecule has 1 N–H and O–H groups in total. The molecule has 2 atom stereocenters. The molecule has 8 heteroatoms. The van der Waals surface area contributed by atoms with E-state index in [1.807, 2.05) is 30.3 Å². The summed E-state index contributed by atoms with van der Waals surface area (Å²) in [6.07, 6.45) is -3.38. The van der Waals surface area contributed by atoms with Gasteiger partial charge in [0.2, 0.25) is 0 Å². The van der Waals surface area contributed by atoms with Crippen molar-refractivity contribution < 1.29 is 28.9 Å². The zero-order valence-electron chi connectivity index (χ0n) is 15.9. The van der Waals surface area contributed by atoms with Gasteiger partial charge in [-0.15, -0.1) is 0 Å². The van der Waals surface area contributed by atoms with Gasteiger partial charge in [0.25, 0.3) is 5.91 Å². The molecule has 1 saturated heterocycles. The van der Waals surface area contributed by atoms with Crippen LogP contribution < -0.4 is 4.74 Å². The first kappa shape index (κ1) is 21.1. The Labute approximate surface area is 173 Å². The first-order chi connectivity index (χ1) is 14.0. The Balaban J connectivity index is 1.73. The number of halogens is 1. The fraction of sp³-hybridized carbons (Fsp3) is 0.333. The Kier molecular flexibility index (Phi) is 7.09. The van der Waals surface area contributed by atoms with E-state index in [0.717, 1.165) is 10.5 Å². The Hall–Kier alpha value is -2.61. The van der Waals surface area contributed by atoms with Gasteiger partial charge in [0.15, 0.2) is 6.10 Å². The molecule has 0 unspecified atom stereocenters.